The van der Waals surface area contributed by atoms with Crippen LogP contribution in [0.15, 0.2) is 5.16 Å². The Morgan fingerprint density at radius 2 is 2.13 bits per heavy atom. The van der Waals surface area contributed by atoms with Gasteiger partial charge in [0.05, 0.1) is 31.1 Å². The Labute approximate surface area is 142 Å². The van der Waals surface area contributed by atoms with Crippen molar-refractivity contribution in [2.75, 3.05) is 30.9 Å². The summed E-state index contributed by atoms with van der Waals surface area (Å²) in [5, 5.41) is 9.46. The number of piperidine rings is 1. The van der Waals surface area contributed by atoms with Crippen LogP contribution >= 0.6 is 11.8 Å². The van der Waals surface area contributed by atoms with Crippen LogP contribution in [0.1, 0.15) is 43.8 Å². The Hall–Kier alpha value is -0.600. The first kappa shape index (κ1) is 17.2. The van der Waals surface area contributed by atoms with Gasteiger partial charge in [-0.2, -0.15) is 0 Å². The first-order valence-corrected chi connectivity index (χ1v) is 11.3. The second kappa shape index (κ2) is 7.11. The topological polar surface area (TPSA) is 69.3 Å². The molecule has 3 heterocycles. The monoisotopic (exact) mass is 359 g/mol. The lowest BCUT2D eigenvalue weighted by Gasteiger charge is -2.29. The van der Waals surface area contributed by atoms with Crippen LogP contribution in [0.25, 0.3) is 0 Å². The molecule has 0 aromatic carbocycles. The predicted molar refractivity (Wildman–Crippen MR) is 91.7 cm³/mol. The maximum Gasteiger partial charge on any atom is 0.190 e. The third-order valence-corrected chi connectivity index (χ3v) is 8.06. The Kier molecular flexibility index (Phi) is 5.32. The highest BCUT2D eigenvalue weighted by molar-refractivity contribution is 7.99. The van der Waals surface area contributed by atoms with E-state index in [0.29, 0.717) is 6.42 Å². The van der Waals surface area contributed by atoms with Gasteiger partial charge < -0.3 is 9.47 Å². The van der Waals surface area contributed by atoms with Crippen LogP contribution in [-0.4, -0.2) is 60.1 Å². The van der Waals surface area contributed by atoms with Crippen molar-refractivity contribution in [3.8, 4) is 0 Å². The zero-order valence-corrected chi connectivity index (χ0v) is 15.6. The molecular formula is C15H27N4O2S2+. The minimum absolute atomic E-state index is 0.0146. The first-order valence-electron chi connectivity index (χ1n) is 8.51. The smallest absolute Gasteiger partial charge is 0.190 e. The van der Waals surface area contributed by atoms with Crippen molar-refractivity contribution in [1.82, 2.24) is 14.8 Å². The zero-order valence-electron chi connectivity index (χ0n) is 14.0. The van der Waals surface area contributed by atoms with Crippen molar-refractivity contribution in [3.63, 3.8) is 0 Å². The number of nitrogens with one attached hydrogen (secondary N) is 1. The van der Waals surface area contributed by atoms with Crippen LogP contribution in [0, 0.1) is 0 Å². The number of nitrogens with zero attached hydrogens (tertiary/aromatic N) is 3. The lowest BCUT2D eigenvalue weighted by atomic mass is 10.0. The van der Waals surface area contributed by atoms with Gasteiger partial charge >= 0.3 is 0 Å². The van der Waals surface area contributed by atoms with E-state index in [1.807, 2.05) is 11.6 Å². The van der Waals surface area contributed by atoms with Gasteiger partial charge in [0.2, 0.25) is 0 Å². The van der Waals surface area contributed by atoms with Gasteiger partial charge in [-0.25, -0.2) is 8.42 Å². The largest absolute Gasteiger partial charge is 0.335 e. The molecule has 23 heavy (non-hydrogen) atoms. The third kappa shape index (κ3) is 4.09. The van der Waals surface area contributed by atoms with Crippen LogP contribution in [0.5, 0.6) is 0 Å². The van der Waals surface area contributed by atoms with Crippen molar-refractivity contribution in [2.45, 2.75) is 49.2 Å². The Balaban J connectivity index is 1.55. The summed E-state index contributed by atoms with van der Waals surface area (Å²) in [4.78, 5) is 1.66. The highest BCUT2D eigenvalue weighted by Crippen LogP contribution is 2.29. The molecule has 0 bridgehead atoms. The Morgan fingerprint density at radius 1 is 1.30 bits per heavy atom. The molecule has 2 aliphatic rings. The highest BCUT2D eigenvalue weighted by Gasteiger charge is 2.32. The molecule has 6 nitrogen and oxygen atoms in total. The number of quaternary nitrogens is 1. The second-order valence-electron chi connectivity index (χ2n) is 6.93. The summed E-state index contributed by atoms with van der Waals surface area (Å²) in [6, 6.07) is 0.768. The highest BCUT2D eigenvalue weighted by atomic mass is 32.2. The lowest BCUT2D eigenvalue weighted by Crippen LogP contribution is -3.13. The molecule has 2 fully saturated rings. The molecule has 1 aromatic rings. The van der Waals surface area contributed by atoms with Crippen molar-refractivity contribution in [1.29, 1.82) is 0 Å². The molecule has 3 rings (SSSR count). The maximum absolute atomic E-state index is 11.6. The number of aromatic nitrogens is 3. The van der Waals surface area contributed by atoms with Crippen LogP contribution in [0.2, 0.25) is 0 Å². The first-order chi connectivity index (χ1) is 11.0. The standard InChI is InChI=1S/C15H26N4O2S2/c1-18-8-4-3-5-13(18)6-9-22-15-17-16-14(19(15)2)12-7-10-23(20,21)11-12/h12-13H,3-11H2,1-2H3/p+1/t12-,13+/m1/s1. The number of hydrogen-bond acceptors (Lipinski definition) is 5. The molecule has 2 aliphatic heterocycles. The lowest BCUT2D eigenvalue weighted by molar-refractivity contribution is -0.911. The van der Waals surface area contributed by atoms with Crippen LogP contribution in [0.4, 0.5) is 0 Å². The minimum atomic E-state index is -2.88. The normalized spacial score (nSPS) is 30.6. The summed E-state index contributed by atoms with van der Waals surface area (Å²) >= 11 is 1.75. The van der Waals surface area contributed by atoms with Gasteiger partial charge in [-0.3, -0.25) is 0 Å². The molecule has 2 saturated heterocycles. The fourth-order valence-electron chi connectivity index (χ4n) is 3.73. The van der Waals surface area contributed by atoms with Crippen LogP contribution in [0.3, 0.4) is 0 Å². The quantitative estimate of drug-likeness (QED) is 0.764. The summed E-state index contributed by atoms with van der Waals surface area (Å²) in [5.74, 6) is 2.40. The van der Waals surface area contributed by atoms with Crippen molar-refractivity contribution in [3.05, 3.63) is 5.82 Å². The summed E-state index contributed by atoms with van der Waals surface area (Å²) in [6.45, 7) is 1.29. The molecular weight excluding hydrogens is 332 g/mol. The Bertz CT molecular complexity index is 644. The van der Waals surface area contributed by atoms with Gasteiger partial charge in [0, 0.05) is 25.1 Å². The molecule has 0 amide bonds. The summed E-state index contributed by atoms with van der Waals surface area (Å²) in [7, 11) is 1.38. The van der Waals surface area contributed by atoms with E-state index in [1.54, 1.807) is 16.7 Å². The molecule has 1 aromatic heterocycles. The van der Waals surface area contributed by atoms with Gasteiger partial charge in [0.25, 0.3) is 0 Å². The Morgan fingerprint density at radius 3 is 2.83 bits per heavy atom. The third-order valence-electron chi connectivity index (χ3n) is 5.23. The average Bonchev–Trinajstić information content (AvgIpc) is 3.04. The van der Waals surface area contributed by atoms with E-state index in [9.17, 15) is 8.42 Å². The summed E-state index contributed by atoms with van der Waals surface area (Å²) in [5.41, 5.74) is 0. The molecule has 0 saturated carbocycles. The summed E-state index contributed by atoms with van der Waals surface area (Å²) < 4.78 is 25.3. The van der Waals surface area contributed by atoms with Gasteiger partial charge in [0.1, 0.15) is 5.82 Å². The number of likely N-dealkylation sites (tertiary alicyclic amines) is 1. The number of hydrogen-bond donors (Lipinski definition) is 1. The molecule has 1 unspecified atom stereocenters. The van der Waals surface area contributed by atoms with Gasteiger partial charge in [-0.05, 0) is 25.7 Å². The van der Waals surface area contributed by atoms with Gasteiger partial charge in [-0.1, -0.05) is 11.8 Å². The molecule has 1 N–H and O–H groups in total. The van der Waals surface area contributed by atoms with Crippen LogP contribution in [-0.2, 0) is 16.9 Å². The SMILES string of the molecule is Cn1c(SCC[C@@H]2CCCC[NH+]2C)nnc1[C@@H]1CCS(=O)(=O)C1. The van der Waals surface area contributed by atoms with Crippen molar-refractivity contribution < 1.29 is 13.3 Å². The maximum atomic E-state index is 11.6. The fraction of sp³-hybridized carbons (Fsp3) is 0.867. The number of rotatable bonds is 5. The molecule has 8 heteroatoms. The molecule has 0 aliphatic carbocycles. The fourth-order valence-corrected chi connectivity index (χ4v) is 6.44. The van der Waals surface area contributed by atoms with E-state index in [0.717, 1.165) is 22.8 Å². The predicted octanol–water partition coefficient (Wildman–Crippen LogP) is 0.267. The van der Waals surface area contributed by atoms with E-state index < -0.39 is 9.84 Å². The van der Waals surface area contributed by atoms with E-state index in [2.05, 4.69) is 17.2 Å². The van der Waals surface area contributed by atoms with E-state index in [1.165, 1.54) is 32.2 Å². The van der Waals surface area contributed by atoms with E-state index in [4.69, 9.17) is 0 Å². The van der Waals surface area contributed by atoms with Crippen molar-refractivity contribution >= 4 is 21.6 Å². The average molecular weight is 360 g/mol. The van der Waals surface area contributed by atoms with Crippen molar-refractivity contribution in [2.24, 2.45) is 7.05 Å². The molecule has 130 valence electrons. The second-order valence-corrected chi connectivity index (χ2v) is 10.2. The van der Waals surface area contributed by atoms with E-state index >= 15 is 0 Å². The van der Waals surface area contributed by atoms with Gasteiger partial charge in [-0.15, -0.1) is 10.2 Å². The molecule has 0 spiro atoms. The number of thioether (sulfide) groups is 1. The molecule has 0 radical (unpaired) electrons. The van der Waals surface area contributed by atoms with Crippen LogP contribution < -0.4 is 4.90 Å². The number of sulfone groups is 1. The summed E-state index contributed by atoms with van der Waals surface area (Å²) in [6.07, 6.45) is 5.92. The zero-order chi connectivity index (χ0) is 16.4. The molecule has 3 atom stereocenters. The minimum Gasteiger partial charge on any atom is -0.335 e. The van der Waals surface area contributed by atoms with E-state index in [-0.39, 0.29) is 17.4 Å². The van der Waals surface area contributed by atoms with Gasteiger partial charge in [0.15, 0.2) is 15.0 Å².